The van der Waals surface area contributed by atoms with Crippen molar-refractivity contribution in [2.75, 3.05) is 26.2 Å². The summed E-state index contributed by atoms with van der Waals surface area (Å²) in [7, 11) is -4.00. The van der Waals surface area contributed by atoms with Crippen LogP contribution >= 0.6 is 0 Å². The first kappa shape index (κ1) is 18.9. The maximum atomic E-state index is 13.9. The highest BCUT2D eigenvalue weighted by Gasteiger charge is 2.34. The highest BCUT2D eigenvalue weighted by atomic mass is 32.2. The molecular weight excluding hydrogens is 365 g/mol. The molecular formula is C18H20F3N2O2S+. The molecule has 1 fully saturated rings. The lowest BCUT2D eigenvalue weighted by Gasteiger charge is -2.35. The van der Waals surface area contributed by atoms with E-state index in [0.29, 0.717) is 19.2 Å². The Balaban J connectivity index is 1.70. The van der Waals surface area contributed by atoms with Crippen molar-refractivity contribution in [3.8, 4) is 0 Å². The zero-order valence-corrected chi connectivity index (χ0v) is 15.1. The molecule has 1 atom stereocenters. The van der Waals surface area contributed by atoms with Gasteiger partial charge in [-0.25, -0.2) is 21.6 Å². The second-order valence-corrected chi connectivity index (χ2v) is 8.32. The Morgan fingerprint density at radius 2 is 1.54 bits per heavy atom. The molecule has 0 saturated carbocycles. The van der Waals surface area contributed by atoms with Gasteiger partial charge in [-0.15, -0.1) is 0 Å². The molecule has 0 aliphatic carbocycles. The number of piperazine rings is 1. The van der Waals surface area contributed by atoms with Gasteiger partial charge in [-0.05, 0) is 31.2 Å². The SMILES string of the molecule is C[C@H](c1ccc(F)cc1)[NH+]1CCN(S(=O)(=O)c2ccc(F)cc2F)CC1. The summed E-state index contributed by atoms with van der Waals surface area (Å²) in [6.07, 6.45) is 0. The van der Waals surface area contributed by atoms with Crippen LogP contribution in [0.4, 0.5) is 13.2 Å². The molecule has 0 unspecified atom stereocenters. The Bertz CT molecular complexity index is 880. The minimum absolute atomic E-state index is 0.0861. The summed E-state index contributed by atoms with van der Waals surface area (Å²) < 4.78 is 66.4. The van der Waals surface area contributed by atoms with Crippen LogP contribution in [0, 0.1) is 17.5 Å². The lowest BCUT2D eigenvalue weighted by Crippen LogP contribution is -3.14. The summed E-state index contributed by atoms with van der Waals surface area (Å²) in [5.74, 6) is -2.20. The number of hydrogen-bond donors (Lipinski definition) is 1. The van der Waals surface area contributed by atoms with E-state index < -0.39 is 26.6 Å². The molecule has 8 heteroatoms. The van der Waals surface area contributed by atoms with E-state index in [1.807, 2.05) is 6.92 Å². The maximum Gasteiger partial charge on any atom is 0.246 e. The van der Waals surface area contributed by atoms with Gasteiger partial charge >= 0.3 is 0 Å². The Labute approximate surface area is 150 Å². The molecule has 1 aliphatic heterocycles. The highest BCUT2D eigenvalue weighted by Crippen LogP contribution is 2.20. The van der Waals surface area contributed by atoms with E-state index in [2.05, 4.69) is 0 Å². The van der Waals surface area contributed by atoms with Crippen molar-refractivity contribution in [1.82, 2.24) is 4.31 Å². The van der Waals surface area contributed by atoms with E-state index >= 15 is 0 Å². The number of sulfonamides is 1. The zero-order chi connectivity index (χ0) is 18.9. The van der Waals surface area contributed by atoms with Crippen molar-refractivity contribution < 1.29 is 26.5 Å². The Morgan fingerprint density at radius 1 is 0.962 bits per heavy atom. The van der Waals surface area contributed by atoms with Crippen LogP contribution in [0.3, 0.4) is 0 Å². The molecule has 140 valence electrons. The summed E-state index contributed by atoms with van der Waals surface area (Å²) in [6, 6.07) is 8.82. The number of benzene rings is 2. The van der Waals surface area contributed by atoms with Gasteiger partial charge in [0.15, 0.2) is 0 Å². The van der Waals surface area contributed by atoms with Crippen molar-refractivity contribution in [3.05, 3.63) is 65.5 Å². The van der Waals surface area contributed by atoms with E-state index in [0.717, 1.165) is 17.7 Å². The summed E-state index contributed by atoms with van der Waals surface area (Å²) in [6.45, 7) is 3.56. The van der Waals surface area contributed by atoms with Crippen molar-refractivity contribution in [1.29, 1.82) is 0 Å². The normalized spacial score (nSPS) is 18.0. The topological polar surface area (TPSA) is 41.8 Å². The Kier molecular flexibility index (Phi) is 5.36. The standard InChI is InChI=1S/C18H19F3N2O2S/c1-13(14-2-4-15(19)5-3-14)22-8-10-23(11-9-22)26(24,25)18-7-6-16(20)12-17(18)21/h2-7,12-13H,8-11H2,1H3/p+1/t13-/m1/s1. The molecule has 3 rings (SSSR count). The summed E-state index contributed by atoms with van der Waals surface area (Å²) in [5, 5.41) is 0. The van der Waals surface area contributed by atoms with Crippen LogP contribution in [0.1, 0.15) is 18.5 Å². The quantitative estimate of drug-likeness (QED) is 0.872. The summed E-state index contributed by atoms with van der Waals surface area (Å²) >= 11 is 0. The first-order chi connectivity index (χ1) is 12.3. The van der Waals surface area contributed by atoms with Gasteiger partial charge < -0.3 is 4.90 Å². The second-order valence-electron chi connectivity index (χ2n) is 6.41. The van der Waals surface area contributed by atoms with Gasteiger partial charge in [0.25, 0.3) is 0 Å². The molecule has 1 saturated heterocycles. The van der Waals surface area contributed by atoms with Gasteiger partial charge in [-0.3, -0.25) is 0 Å². The lowest BCUT2D eigenvalue weighted by molar-refractivity contribution is -0.933. The van der Waals surface area contributed by atoms with Gasteiger partial charge in [0.2, 0.25) is 10.0 Å². The molecule has 1 aliphatic rings. The van der Waals surface area contributed by atoms with E-state index in [-0.39, 0.29) is 24.9 Å². The zero-order valence-electron chi connectivity index (χ0n) is 14.3. The predicted octanol–water partition coefficient (Wildman–Crippen LogP) is 1.75. The van der Waals surface area contributed by atoms with Crippen LogP contribution in [0.25, 0.3) is 0 Å². The molecule has 0 radical (unpaired) electrons. The maximum absolute atomic E-state index is 13.9. The van der Waals surface area contributed by atoms with Crippen molar-refractivity contribution in [3.63, 3.8) is 0 Å². The summed E-state index contributed by atoms with van der Waals surface area (Å²) in [4.78, 5) is 0.663. The highest BCUT2D eigenvalue weighted by molar-refractivity contribution is 7.89. The molecule has 1 heterocycles. The van der Waals surface area contributed by atoms with Crippen molar-refractivity contribution in [2.24, 2.45) is 0 Å². The van der Waals surface area contributed by atoms with E-state index in [1.54, 1.807) is 12.1 Å². The molecule has 0 bridgehead atoms. The molecule has 26 heavy (non-hydrogen) atoms. The van der Waals surface area contributed by atoms with E-state index in [9.17, 15) is 21.6 Å². The molecule has 1 N–H and O–H groups in total. The van der Waals surface area contributed by atoms with Crippen LogP contribution in [0.15, 0.2) is 47.4 Å². The average molecular weight is 385 g/mol. The number of rotatable bonds is 4. The van der Waals surface area contributed by atoms with Gasteiger partial charge in [0, 0.05) is 11.6 Å². The minimum atomic E-state index is -4.00. The second kappa shape index (κ2) is 7.38. The van der Waals surface area contributed by atoms with Gasteiger partial charge in [-0.2, -0.15) is 4.31 Å². The van der Waals surface area contributed by atoms with E-state index in [1.165, 1.54) is 21.3 Å². The van der Waals surface area contributed by atoms with Crippen molar-refractivity contribution in [2.45, 2.75) is 17.9 Å². The number of nitrogens with zero attached hydrogens (tertiary/aromatic N) is 1. The van der Waals surface area contributed by atoms with E-state index in [4.69, 9.17) is 0 Å². The fourth-order valence-electron chi connectivity index (χ4n) is 3.26. The van der Waals surface area contributed by atoms with Crippen LogP contribution in [0.2, 0.25) is 0 Å². The van der Waals surface area contributed by atoms with Crippen molar-refractivity contribution >= 4 is 10.0 Å². The molecule has 0 amide bonds. The van der Waals surface area contributed by atoms with Gasteiger partial charge in [0.1, 0.15) is 28.4 Å². The third-order valence-electron chi connectivity index (χ3n) is 4.86. The fourth-order valence-corrected chi connectivity index (χ4v) is 4.74. The van der Waals surface area contributed by atoms with Crippen LogP contribution < -0.4 is 4.90 Å². The third kappa shape index (κ3) is 3.77. The predicted molar refractivity (Wildman–Crippen MR) is 90.6 cm³/mol. The smallest absolute Gasteiger partial charge is 0.246 e. The number of halogens is 3. The minimum Gasteiger partial charge on any atom is -0.327 e. The largest absolute Gasteiger partial charge is 0.327 e. The average Bonchev–Trinajstić information content (AvgIpc) is 2.61. The Hall–Kier alpha value is -1.90. The first-order valence-electron chi connectivity index (χ1n) is 8.34. The molecule has 0 spiro atoms. The van der Waals surface area contributed by atoms with Gasteiger partial charge in [0.05, 0.1) is 26.2 Å². The van der Waals surface area contributed by atoms with Gasteiger partial charge in [-0.1, -0.05) is 12.1 Å². The number of nitrogens with one attached hydrogen (secondary N) is 1. The molecule has 0 aromatic heterocycles. The number of quaternary nitrogens is 1. The van der Waals surface area contributed by atoms with Crippen LogP contribution in [-0.2, 0) is 10.0 Å². The fraction of sp³-hybridized carbons (Fsp3) is 0.333. The van der Waals surface area contributed by atoms with Crippen LogP contribution in [0.5, 0.6) is 0 Å². The lowest BCUT2D eigenvalue weighted by atomic mass is 10.1. The monoisotopic (exact) mass is 385 g/mol. The first-order valence-corrected chi connectivity index (χ1v) is 9.78. The molecule has 4 nitrogen and oxygen atoms in total. The number of hydrogen-bond acceptors (Lipinski definition) is 2. The third-order valence-corrected chi connectivity index (χ3v) is 6.79. The Morgan fingerprint density at radius 3 is 2.12 bits per heavy atom. The molecule has 2 aromatic carbocycles. The van der Waals surface area contributed by atoms with Crippen LogP contribution in [-0.4, -0.2) is 38.9 Å². The molecule has 2 aromatic rings. The summed E-state index contributed by atoms with van der Waals surface area (Å²) in [5.41, 5.74) is 0.974.